The zero-order valence-corrected chi connectivity index (χ0v) is 14.5. The number of aliphatic hydroxyl groups excluding tert-OH is 1. The zero-order valence-electron chi connectivity index (χ0n) is 13.7. The molecule has 5 heteroatoms. The van der Waals surface area contributed by atoms with Crippen molar-refractivity contribution in [3.63, 3.8) is 0 Å². The van der Waals surface area contributed by atoms with Crippen molar-refractivity contribution in [2.75, 3.05) is 6.54 Å². The van der Waals surface area contributed by atoms with Crippen LogP contribution in [-0.4, -0.2) is 29.7 Å². The maximum atomic E-state index is 11.9. The normalized spacial score (nSPS) is 14.8. The molecule has 0 aliphatic carbocycles. The Morgan fingerprint density at radius 1 is 1.23 bits per heavy atom. The van der Waals surface area contributed by atoms with Crippen molar-refractivity contribution in [3.05, 3.63) is 35.9 Å². The molecule has 0 saturated carbocycles. The number of rotatable bonds is 8. The lowest BCUT2D eigenvalue weighted by molar-refractivity contribution is -0.123. The number of nitrogens with two attached hydrogens (primary N) is 1. The lowest BCUT2D eigenvalue weighted by atomic mass is 9.98. The van der Waals surface area contributed by atoms with Crippen LogP contribution in [-0.2, 0) is 4.79 Å². The number of carbonyl (C=O) groups is 1. The van der Waals surface area contributed by atoms with Gasteiger partial charge >= 0.3 is 0 Å². The summed E-state index contributed by atoms with van der Waals surface area (Å²) in [5.41, 5.74) is 7.07. The van der Waals surface area contributed by atoms with Gasteiger partial charge in [0.1, 0.15) is 0 Å². The number of hydrogen-bond acceptors (Lipinski definition) is 3. The van der Waals surface area contributed by atoms with Gasteiger partial charge in [0.2, 0.25) is 5.91 Å². The van der Waals surface area contributed by atoms with Crippen LogP contribution < -0.4 is 11.1 Å². The van der Waals surface area contributed by atoms with E-state index < -0.39 is 6.10 Å². The van der Waals surface area contributed by atoms with Crippen LogP contribution in [0.5, 0.6) is 0 Å². The van der Waals surface area contributed by atoms with Gasteiger partial charge in [-0.25, -0.2) is 0 Å². The van der Waals surface area contributed by atoms with Crippen molar-refractivity contribution < 1.29 is 9.90 Å². The molecule has 126 valence electrons. The van der Waals surface area contributed by atoms with Crippen LogP contribution in [0.2, 0.25) is 0 Å². The highest BCUT2D eigenvalue weighted by Crippen LogP contribution is 2.13. The molecule has 3 unspecified atom stereocenters. The first-order valence-corrected chi connectivity index (χ1v) is 7.65. The highest BCUT2D eigenvalue weighted by molar-refractivity contribution is 5.85. The van der Waals surface area contributed by atoms with E-state index in [1.165, 1.54) is 5.56 Å². The summed E-state index contributed by atoms with van der Waals surface area (Å²) in [6.45, 7) is 6.73. The first-order chi connectivity index (χ1) is 9.90. The average molecular weight is 329 g/mol. The van der Waals surface area contributed by atoms with Crippen LogP contribution in [0.1, 0.15) is 45.1 Å². The topological polar surface area (TPSA) is 75.3 Å². The summed E-state index contributed by atoms with van der Waals surface area (Å²) in [5.74, 6) is 0.511. The van der Waals surface area contributed by atoms with Crippen LogP contribution in [0.15, 0.2) is 30.3 Å². The molecular weight excluding hydrogens is 300 g/mol. The summed E-state index contributed by atoms with van der Waals surface area (Å²) in [6, 6.07) is 9.70. The van der Waals surface area contributed by atoms with Gasteiger partial charge in [-0.3, -0.25) is 4.79 Å². The predicted octanol–water partition coefficient (Wildman–Crippen LogP) is 2.45. The molecule has 1 rings (SSSR count). The van der Waals surface area contributed by atoms with Crippen LogP contribution in [0.3, 0.4) is 0 Å². The van der Waals surface area contributed by atoms with E-state index in [1.807, 2.05) is 44.2 Å². The van der Waals surface area contributed by atoms with Gasteiger partial charge in [-0.1, -0.05) is 51.1 Å². The SMILES string of the molecule is CC(C)CC(N)C(O)CC(=O)NCC(C)c1ccccc1.Cl. The fourth-order valence-electron chi connectivity index (χ4n) is 2.28. The summed E-state index contributed by atoms with van der Waals surface area (Å²) in [5, 5.41) is 12.8. The van der Waals surface area contributed by atoms with Gasteiger partial charge < -0.3 is 16.2 Å². The maximum absolute atomic E-state index is 11.9. The number of benzene rings is 1. The van der Waals surface area contributed by atoms with Crippen LogP contribution >= 0.6 is 12.4 Å². The molecule has 22 heavy (non-hydrogen) atoms. The molecule has 1 amide bonds. The van der Waals surface area contributed by atoms with Gasteiger partial charge in [0.25, 0.3) is 0 Å². The van der Waals surface area contributed by atoms with Gasteiger partial charge in [-0.05, 0) is 23.8 Å². The average Bonchev–Trinajstić information content (AvgIpc) is 2.44. The minimum atomic E-state index is -0.778. The lowest BCUT2D eigenvalue weighted by Gasteiger charge is -2.20. The van der Waals surface area contributed by atoms with E-state index in [1.54, 1.807) is 0 Å². The van der Waals surface area contributed by atoms with Crippen LogP contribution in [0, 0.1) is 5.92 Å². The third kappa shape index (κ3) is 7.78. The first kappa shape index (κ1) is 20.9. The van der Waals surface area contributed by atoms with Gasteiger partial charge in [-0.15, -0.1) is 12.4 Å². The Bertz CT molecular complexity index is 426. The Hall–Kier alpha value is -1.10. The van der Waals surface area contributed by atoms with Crippen molar-refractivity contribution >= 4 is 18.3 Å². The quantitative estimate of drug-likeness (QED) is 0.686. The van der Waals surface area contributed by atoms with E-state index in [-0.39, 0.29) is 36.7 Å². The molecule has 4 nitrogen and oxygen atoms in total. The molecule has 1 aromatic rings. The highest BCUT2D eigenvalue weighted by Gasteiger charge is 2.19. The van der Waals surface area contributed by atoms with E-state index in [2.05, 4.69) is 12.2 Å². The monoisotopic (exact) mass is 328 g/mol. The molecule has 3 atom stereocenters. The Morgan fingerprint density at radius 2 is 1.82 bits per heavy atom. The second-order valence-corrected chi connectivity index (χ2v) is 6.18. The fraction of sp³-hybridized carbons (Fsp3) is 0.588. The number of aliphatic hydroxyl groups is 1. The van der Waals surface area contributed by atoms with Crippen LogP contribution in [0.4, 0.5) is 0 Å². The molecule has 0 bridgehead atoms. The van der Waals surface area contributed by atoms with Crippen molar-refractivity contribution in [1.82, 2.24) is 5.32 Å². The Morgan fingerprint density at radius 3 is 2.36 bits per heavy atom. The number of amides is 1. The van der Waals surface area contributed by atoms with E-state index >= 15 is 0 Å². The first-order valence-electron chi connectivity index (χ1n) is 7.65. The van der Waals surface area contributed by atoms with E-state index in [9.17, 15) is 9.90 Å². The number of hydrogen-bond donors (Lipinski definition) is 3. The van der Waals surface area contributed by atoms with E-state index in [0.29, 0.717) is 12.5 Å². The third-order valence-electron chi connectivity index (χ3n) is 3.61. The summed E-state index contributed by atoms with van der Waals surface area (Å²) >= 11 is 0. The fourth-order valence-corrected chi connectivity index (χ4v) is 2.28. The maximum Gasteiger partial charge on any atom is 0.222 e. The largest absolute Gasteiger partial charge is 0.391 e. The molecule has 0 fully saturated rings. The third-order valence-corrected chi connectivity index (χ3v) is 3.61. The molecule has 0 radical (unpaired) electrons. The van der Waals surface area contributed by atoms with Gasteiger partial charge in [0.15, 0.2) is 0 Å². The summed E-state index contributed by atoms with van der Waals surface area (Å²) in [4.78, 5) is 11.9. The second kappa shape index (κ2) is 10.6. The Labute approximate surface area is 139 Å². The number of halogens is 1. The molecule has 0 aromatic heterocycles. The van der Waals surface area contributed by atoms with Crippen molar-refractivity contribution in [1.29, 1.82) is 0 Å². The van der Waals surface area contributed by atoms with E-state index in [0.717, 1.165) is 6.42 Å². The van der Waals surface area contributed by atoms with Crippen molar-refractivity contribution in [2.24, 2.45) is 11.7 Å². The second-order valence-electron chi connectivity index (χ2n) is 6.18. The number of nitrogens with one attached hydrogen (secondary N) is 1. The molecule has 0 aliphatic rings. The van der Waals surface area contributed by atoms with E-state index in [4.69, 9.17) is 5.73 Å². The predicted molar refractivity (Wildman–Crippen MR) is 93.2 cm³/mol. The smallest absolute Gasteiger partial charge is 0.222 e. The molecule has 0 heterocycles. The molecular formula is C17H29ClN2O2. The Balaban J connectivity index is 0.00000441. The van der Waals surface area contributed by atoms with Crippen LogP contribution in [0.25, 0.3) is 0 Å². The molecule has 0 saturated heterocycles. The zero-order chi connectivity index (χ0) is 15.8. The van der Waals surface area contributed by atoms with Gasteiger partial charge in [-0.2, -0.15) is 0 Å². The Kier molecular flexibility index (Phi) is 10.1. The lowest BCUT2D eigenvalue weighted by Crippen LogP contribution is -2.40. The summed E-state index contributed by atoms with van der Waals surface area (Å²) in [7, 11) is 0. The molecule has 0 spiro atoms. The van der Waals surface area contributed by atoms with Crippen molar-refractivity contribution in [2.45, 2.75) is 51.7 Å². The summed E-state index contributed by atoms with van der Waals surface area (Å²) in [6.07, 6.45) is 0.00370. The minimum Gasteiger partial charge on any atom is -0.391 e. The minimum absolute atomic E-state index is 0. The highest BCUT2D eigenvalue weighted by atomic mass is 35.5. The summed E-state index contributed by atoms with van der Waals surface area (Å²) < 4.78 is 0. The van der Waals surface area contributed by atoms with Gasteiger partial charge in [0.05, 0.1) is 12.5 Å². The number of carbonyl (C=O) groups excluding carboxylic acids is 1. The molecule has 1 aromatic carbocycles. The standard InChI is InChI=1S/C17H28N2O2.ClH/c1-12(2)9-15(18)16(20)10-17(21)19-11-13(3)14-7-5-4-6-8-14;/h4-8,12-13,15-16,20H,9-11,18H2,1-3H3,(H,19,21);1H. The molecule has 4 N–H and O–H groups in total. The molecule has 0 aliphatic heterocycles. The van der Waals surface area contributed by atoms with Gasteiger partial charge in [0, 0.05) is 12.6 Å². The van der Waals surface area contributed by atoms with Crippen molar-refractivity contribution in [3.8, 4) is 0 Å².